The minimum absolute atomic E-state index is 0.172. The molecule has 1 rings (SSSR count). The Labute approximate surface area is 115 Å². The Kier molecular flexibility index (Phi) is 5.73. The van der Waals surface area contributed by atoms with E-state index in [1.807, 2.05) is 13.8 Å². The van der Waals surface area contributed by atoms with Crippen LogP contribution in [-0.2, 0) is 0 Å². The second-order valence-electron chi connectivity index (χ2n) is 5.08. The molecule has 0 radical (unpaired) electrons. The predicted molar refractivity (Wildman–Crippen MR) is 76.9 cm³/mol. The van der Waals surface area contributed by atoms with Crippen molar-refractivity contribution in [2.45, 2.75) is 46.5 Å². The molecule has 19 heavy (non-hydrogen) atoms. The smallest absolute Gasteiger partial charge is 0.272 e. The molecule has 1 aromatic rings. The molecule has 5 heteroatoms. The minimum Gasteiger partial charge on any atom is -0.396 e. The number of rotatable bonds is 6. The van der Waals surface area contributed by atoms with Crippen LogP contribution in [0.4, 0.5) is 5.69 Å². The van der Waals surface area contributed by atoms with E-state index in [-0.39, 0.29) is 17.5 Å². The standard InChI is InChI=1S/C14H24N4O/c1-5-10(6-2)7-17-14(19)12-11(15)8-16-13(18-12)9(3)4/h8-10H,5-7,15H2,1-4H3,(H,17,19). The molecule has 1 amide bonds. The van der Waals surface area contributed by atoms with Gasteiger partial charge in [-0.1, -0.05) is 40.5 Å². The largest absolute Gasteiger partial charge is 0.396 e. The third-order valence-corrected chi connectivity index (χ3v) is 3.27. The van der Waals surface area contributed by atoms with Gasteiger partial charge in [-0.25, -0.2) is 9.97 Å². The number of hydrogen-bond acceptors (Lipinski definition) is 4. The number of amides is 1. The molecule has 0 saturated heterocycles. The van der Waals surface area contributed by atoms with Crippen molar-refractivity contribution in [1.82, 2.24) is 15.3 Å². The Morgan fingerprint density at radius 2 is 2.00 bits per heavy atom. The van der Waals surface area contributed by atoms with Crippen molar-refractivity contribution in [2.75, 3.05) is 12.3 Å². The number of nitrogens with zero attached hydrogens (tertiary/aromatic N) is 2. The summed E-state index contributed by atoms with van der Waals surface area (Å²) >= 11 is 0. The topological polar surface area (TPSA) is 80.9 Å². The van der Waals surface area contributed by atoms with Gasteiger partial charge in [-0.2, -0.15) is 0 Å². The molecule has 0 bridgehead atoms. The SMILES string of the molecule is CCC(CC)CNC(=O)c1nc(C(C)C)ncc1N. The van der Waals surface area contributed by atoms with Gasteiger partial charge in [0.1, 0.15) is 5.82 Å². The van der Waals surface area contributed by atoms with Crippen LogP contribution in [0.5, 0.6) is 0 Å². The van der Waals surface area contributed by atoms with Gasteiger partial charge in [0.25, 0.3) is 5.91 Å². The summed E-state index contributed by atoms with van der Waals surface area (Å²) in [6, 6.07) is 0. The number of nitrogens with two attached hydrogens (primary N) is 1. The van der Waals surface area contributed by atoms with Crippen LogP contribution in [0.1, 0.15) is 62.8 Å². The van der Waals surface area contributed by atoms with Crippen LogP contribution in [0.15, 0.2) is 6.20 Å². The summed E-state index contributed by atoms with van der Waals surface area (Å²) in [4.78, 5) is 20.5. The number of carbonyl (C=O) groups excluding carboxylic acids is 1. The molecule has 3 N–H and O–H groups in total. The van der Waals surface area contributed by atoms with E-state index in [9.17, 15) is 4.79 Å². The van der Waals surface area contributed by atoms with Crippen LogP contribution in [0.25, 0.3) is 0 Å². The van der Waals surface area contributed by atoms with E-state index in [2.05, 4.69) is 29.1 Å². The van der Waals surface area contributed by atoms with Gasteiger partial charge in [0, 0.05) is 12.5 Å². The van der Waals surface area contributed by atoms with Gasteiger partial charge in [0.05, 0.1) is 11.9 Å². The first-order valence-corrected chi connectivity index (χ1v) is 6.90. The maximum atomic E-state index is 12.1. The average molecular weight is 264 g/mol. The van der Waals surface area contributed by atoms with Gasteiger partial charge in [-0.15, -0.1) is 0 Å². The van der Waals surface area contributed by atoms with E-state index >= 15 is 0 Å². The Hall–Kier alpha value is -1.65. The van der Waals surface area contributed by atoms with Crippen molar-refractivity contribution in [3.8, 4) is 0 Å². The molecule has 0 fully saturated rings. The monoisotopic (exact) mass is 264 g/mol. The highest BCUT2D eigenvalue weighted by atomic mass is 16.1. The first kappa shape index (κ1) is 15.4. The molecule has 5 nitrogen and oxygen atoms in total. The number of hydrogen-bond donors (Lipinski definition) is 2. The molecule has 106 valence electrons. The second kappa shape index (κ2) is 7.07. The van der Waals surface area contributed by atoms with E-state index in [1.54, 1.807) is 0 Å². The van der Waals surface area contributed by atoms with E-state index in [4.69, 9.17) is 5.73 Å². The van der Waals surface area contributed by atoms with Crippen LogP contribution in [0.3, 0.4) is 0 Å². The molecule has 0 aliphatic rings. The fourth-order valence-electron chi connectivity index (χ4n) is 1.76. The van der Waals surface area contributed by atoms with Gasteiger partial charge in [0.2, 0.25) is 0 Å². The van der Waals surface area contributed by atoms with Gasteiger partial charge in [-0.3, -0.25) is 4.79 Å². The van der Waals surface area contributed by atoms with Crippen LogP contribution >= 0.6 is 0 Å². The lowest BCUT2D eigenvalue weighted by Gasteiger charge is -2.14. The van der Waals surface area contributed by atoms with Crippen molar-refractivity contribution < 1.29 is 4.79 Å². The zero-order chi connectivity index (χ0) is 14.4. The third kappa shape index (κ3) is 4.19. The zero-order valence-electron chi connectivity index (χ0n) is 12.2. The van der Waals surface area contributed by atoms with Gasteiger partial charge in [-0.05, 0) is 5.92 Å². The number of anilines is 1. The summed E-state index contributed by atoms with van der Waals surface area (Å²) in [5.74, 6) is 1.10. The molecular weight excluding hydrogens is 240 g/mol. The molecule has 1 heterocycles. The van der Waals surface area contributed by atoms with Crippen molar-refractivity contribution >= 4 is 11.6 Å². The van der Waals surface area contributed by atoms with Crippen molar-refractivity contribution in [1.29, 1.82) is 0 Å². The second-order valence-corrected chi connectivity index (χ2v) is 5.08. The summed E-state index contributed by atoms with van der Waals surface area (Å²) < 4.78 is 0. The third-order valence-electron chi connectivity index (χ3n) is 3.27. The average Bonchev–Trinajstić information content (AvgIpc) is 2.39. The Morgan fingerprint density at radius 3 is 2.53 bits per heavy atom. The normalized spacial score (nSPS) is 11.1. The van der Waals surface area contributed by atoms with E-state index < -0.39 is 0 Å². The maximum Gasteiger partial charge on any atom is 0.272 e. The summed E-state index contributed by atoms with van der Waals surface area (Å²) in [6.45, 7) is 8.87. The van der Waals surface area contributed by atoms with Crippen molar-refractivity contribution in [3.63, 3.8) is 0 Å². The number of nitrogen functional groups attached to an aromatic ring is 1. The molecular formula is C14H24N4O. The molecule has 0 unspecified atom stereocenters. The van der Waals surface area contributed by atoms with Crippen LogP contribution in [0, 0.1) is 5.92 Å². The summed E-state index contributed by atoms with van der Waals surface area (Å²) in [5.41, 5.74) is 6.38. The fourth-order valence-corrected chi connectivity index (χ4v) is 1.76. The first-order valence-electron chi connectivity index (χ1n) is 6.90. The first-order chi connectivity index (χ1) is 8.99. The summed E-state index contributed by atoms with van der Waals surface area (Å²) in [5, 5.41) is 2.90. The highest BCUT2D eigenvalue weighted by Gasteiger charge is 2.15. The Bertz CT molecular complexity index is 427. The Balaban J connectivity index is 2.78. The van der Waals surface area contributed by atoms with Crippen LogP contribution in [0.2, 0.25) is 0 Å². The molecule has 1 aromatic heterocycles. The van der Waals surface area contributed by atoms with E-state index in [0.717, 1.165) is 12.8 Å². The summed E-state index contributed by atoms with van der Waals surface area (Å²) in [7, 11) is 0. The lowest BCUT2D eigenvalue weighted by Crippen LogP contribution is -2.30. The zero-order valence-corrected chi connectivity index (χ0v) is 12.2. The Morgan fingerprint density at radius 1 is 1.37 bits per heavy atom. The van der Waals surface area contributed by atoms with Crippen molar-refractivity contribution in [2.24, 2.45) is 5.92 Å². The van der Waals surface area contributed by atoms with Crippen molar-refractivity contribution in [3.05, 3.63) is 17.7 Å². The molecule has 0 aliphatic heterocycles. The lowest BCUT2D eigenvalue weighted by molar-refractivity contribution is 0.0942. The van der Waals surface area contributed by atoms with E-state index in [1.165, 1.54) is 6.20 Å². The van der Waals surface area contributed by atoms with Gasteiger partial charge in [0.15, 0.2) is 5.69 Å². The molecule has 0 aromatic carbocycles. The quantitative estimate of drug-likeness (QED) is 0.826. The van der Waals surface area contributed by atoms with Gasteiger partial charge < -0.3 is 11.1 Å². The highest BCUT2D eigenvalue weighted by molar-refractivity contribution is 5.96. The van der Waals surface area contributed by atoms with Gasteiger partial charge >= 0.3 is 0 Å². The maximum absolute atomic E-state index is 12.1. The van der Waals surface area contributed by atoms with Crippen LogP contribution < -0.4 is 11.1 Å². The molecule has 0 atom stereocenters. The highest BCUT2D eigenvalue weighted by Crippen LogP contribution is 2.14. The predicted octanol–water partition coefficient (Wildman–Crippen LogP) is 2.35. The molecule has 0 spiro atoms. The molecule has 0 aliphatic carbocycles. The summed E-state index contributed by atoms with van der Waals surface area (Å²) in [6.07, 6.45) is 3.61. The number of carbonyl (C=O) groups is 1. The number of nitrogens with one attached hydrogen (secondary N) is 1. The fraction of sp³-hybridized carbons (Fsp3) is 0.643. The van der Waals surface area contributed by atoms with Crippen LogP contribution in [-0.4, -0.2) is 22.4 Å². The molecule has 0 saturated carbocycles. The lowest BCUT2D eigenvalue weighted by atomic mass is 10.0. The minimum atomic E-state index is -0.214. The van der Waals surface area contributed by atoms with E-state index in [0.29, 0.717) is 24.0 Å². The number of aromatic nitrogens is 2.